The van der Waals surface area contributed by atoms with E-state index in [0.29, 0.717) is 5.78 Å². The van der Waals surface area contributed by atoms with Gasteiger partial charge in [0, 0.05) is 11.5 Å². The van der Waals surface area contributed by atoms with Crippen LogP contribution in [0.1, 0.15) is 94.8 Å². The molecule has 31 heavy (non-hydrogen) atoms. The first-order chi connectivity index (χ1) is 15.2. The first-order valence-corrected chi connectivity index (χ1v) is 12.6. The molecule has 2 heteroatoms. The Bertz CT molecular complexity index is 775. The number of rotatable bonds is 13. The van der Waals surface area contributed by atoms with Crippen LogP contribution < -0.4 is 4.74 Å². The first-order valence-electron chi connectivity index (χ1n) is 12.6. The van der Waals surface area contributed by atoms with E-state index in [9.17, 15) is 4.79 Å². The zero-order valence-electron chi connectivity index (χ0n) is 19.6. The second kappa shape index (κ2) is 12.7. The van der Waals surface area contributed by atoms with E-state index in [-0.39, 0.29) is 5.92 Å². The largest absolute Gasteiger partial charge is 0.494 e. The van der Waals surface area contributed by atoms with Crippen molar-refractivity contribution in [2.75, 3.05) is 6.61 Å². The molecule has 2 nitrogen and oxygen atoms in total. The number of carbonyl (C=O) groups is 1. The van der Waals surface area contributed by atoms with Gasteiger partial charge in [-0.15, -0.1) is 0 Å². The molecular weight excluding hydrogens is 380 g/mol. The predicted octanol–water partition coefficient (Wildman–Crippen LogP) is 8.49. The summed E-state index contributed by atoms with van der Waals surface area (Å²) in [7, 11) is 0. The molecule has 1 saturated carbocycles. The van der Waals surface area contributed by atoms with Gasteiger partial charge in [-0.05, 0) is 54.9 Å². The van der Waals surface area contributed by atoms with Gasteiger partial charge in [-0.2, -0.15) is 0 Å². The second-order valence-electron chi connectivity index (χ2n) is 9.25. The Morgan fingerprint density at radius 2 is 1.45 bits per heavy atom. The Morgan fingerprint density at radius 1 is 0.806 bits per heavy atom. The minimum atomic E-state index is 0.228. The van der Waals surface area contributed by atoms with E-state index >= 15 is 0 Å². The van der Waals surface area contributed by atoms with Gasteiger partial charge in [-0.25, -0.2) is 0 Å². The Hall–Kier alpha value is -2.09. The number of hydrogen-bond acceptors (Lipinski definition) is 2. The smallest absolute Gasteiger partial charge is 0.165 e. The van der Waals surface area contributed by atoms with Gasteiger partial charge in [0.15, 0.2) is 5.78 Å². The second-order valence-corrected chi connectivity index (χ2v) is 9.25. The van der Waals surface area contributed by atoms with Gasteiger partial charge < -0.3 is 4.74 Å². The summed E-state index contributed by atoms with van der Waals surface area (Å²) in [6.45, 7) is 5.28. The van der Waals surface area contributed by atoms with E-state index in [0.717, 1.165) is 54.2 Å². The Morgan fingerprint density at radius 3 is 2.13 bits per heavy atom. The maximum atomic E-state index is 12.9. The number of Topliss-reactive ketones (excluding diaryl/α,β-unsaturated/α-hetero) is 1. The van der Waals surface area contributed by atoms with E-state index in [1.54, 1.807) is 0 Å². The number of ketones is 1. The molecule has 1 aliphatic carbocycles. The molecule has 0 spiro atoms. The zero-order chi connectivity index (χ0) is 21.9. The summed E-state index contributed by atoms with van der Waals surface area (Å²) in [4.78, 5) is 12.9. The average molecular weight is 421 g/mol. The van der Waals surface area contributed by atoms with Crippen LogP contribution in [0.15, 0.2) is 48.5 Å². The molecule has 0 amide bonds. The molecule has 0 N–H and O–H groups in total. The lowest BCUT2D eigenvalue weighted by atomic mass is 9.92. The molecule has 0 radical (unpaired) electrons. The summed E-state index contributed by atoms with van der Waals surface area (Å²) in [6, 6.07) is 16.5. The summed E-state index contributed by atoms with van der Waals surface area (Å²) in [5.41, 5.74) is 3.18. The normalized spacial score (nSPS) is 18.3. The molecule has 1 fully saturated rings. The van der Waals surface area contributed by atoms with Crippen LogP contribution in [0.3, 0.4) is 0 Å². The monoisotopic (exact) mass is 420 g/mol. The van der Waals surface area contributed by atoms with Crippen molar-refractivity contribution in [2.45, 2.75) is 84.5 Å². The molecule has 0 bridgehead atoms. The highest BCUT2D eigenvalue weighted by molar-refractivity contribution is 5.98. The van der Waals surface area contributed by atoms with Gasteiger partial charge in [0.2, 0.25) is 0 Å². The summed E-state index contributed by atoms with van der Waals surface area (Å²) >= 11 is 0. The first kappa shape index (κ1) is 23.6. The summed E-state index contributed by atoms with van der Waals surface area (Å²) in [5, 5.41) is 0. The van der Waals surface area contributed by atoms with Crippen molar-refractivity contribution in [3.63, 3.8) is 0 Å². The number of benzene rings is 2. The number of carbonyl (C=O) groups excluding carboxylic acids is 1. The van der Waals surface area contributed by atoms with Crippen LogP contribution in [0.4, 0.5) is 0 Å². The number of unbranched alkanes of at least 4 members (excludes halogenated alkanes) is 5. The van der Waals surface area contributed by atoms with Crippen molar-refractivity contribution < 1.29 is 9.53 Å². The van der Waals surface area contributed by atoms with Crippen LogP contribution >= 0.6 is 0 Å². The zero-order valence-corrected chi connectivity index (χ0v) is 19.6. The van der Waals surface area contributed by atoms with Gasteiger partial charge in [0.05, 0.1) is 6.61 Å². The van der Waals surface area contributed by atoms with Crippen molar-refractivity contribution in [2.24, 2.45) is 11.8 Å². The van der Waals surface area contributed by atoms with Crippen molar-refractivity contribution in [1.29, 1.82) is 0 Å². The van der Waals surface area contributed by atoms with E-state index in [1.165, 1.54) is 51.4 Å². The number of hydrogen-bond donors (Lipinski definition) is 0. The molecule has 0 aliphatic heterocycles. The number of ether oxygens (including phenoxy) is 1. The van der Waals surface area contributed by atoms with E-state index in [4.69, 9.17) is 4.74 Å². The Kier molecular flexibility index (Phi) is 9.65. The lowest BCUT2D eigenvalue weighted by Gasteiger charge is -2.11. The molecule has 2 aromatic rings. The standard InChI is InChI=1S/C29H40O2/c1-3-5-7-8-9-21-31-28-19-17-25(18-20-28)24-13-15-26(16-14-24)29(30)27-12-11-23(22-27)10-6-4-2/h13-20,23,27H,3-12,21-22H2,1-2H3/t23-,27+/m0/s1. The summed E-state index contributed by atoms with van der Waals surface area (Å²) < 4.78 is 5.87. The molecule has 3 rings (SSSR count). The minimum absolute atomic E-state index is 0.228. The van der Waals surface area contributed by atoms with Gasteiger partial charge in [0.1, 0.15) is 5.75 Å². The van der Waals surface area contributed by atoms with Crippen LogP contribution in [-0.2, 0) is 0 Å². The predicted molar refractivity (Wildman–Crippen MR) is 131 cm³/mol. The summed E-state index contributed by atoms with van der Waals surface area (Å²) in [5.74, 6) is 2.26. The topological polar surface area (TPSA) is 26.3 Å². The maximum absolute atomic E-state index is 12.9. The summed E-state index contributed by atoms with van der Waals surface area (Å²) in [6.07, 6.45) is 13.5. The molecule has 168 valence electrons. The average Bonchev–Trinajstić information content (AvgIpc) is 3.29. The molecular formula is C29H40O2. The van der Waals surface area contributed by atoms with Gasteiger partial charge in [-0.3, -0.25) is 4.79 Å². The molecule has 0 saturated heterocycles. The van der Waals surface area contributed by atoms with Crippen LogP contribution in [0.25, 0.3) is 11.1 Å². The molecule has 0 unspecified atom stereocenters. The molecule has 2 atom stereocenters. The maximum Gasteiger partial charge on any atom is 0.165 e. The fraction of sp³-hybridized carbons (Fsp3) is 0.552. The SMILES string of the molecule is CCCCCCCOc1ccc(-c2ccc(C(=O)[C@@H]3CC[C@H](CCCC)C3)cc2)cc1. The minimum Gasteiger partial charge on any atom is -0.494 e. The van der Waals surface area contributed by atoms with Crippen LogP contribution in [0, 0.1) is 11.8 Å². The highest BCUT2D eigenvalue weighted by Crippen LogP contribution is 2.36. The van der Waals surface area contributed by atoms with Crippen LogP contribution in [-0.4, -0.2) is 12.4 Å². The van der Waals surface area contributed by atoms with Gasteiger partial charge in [0.25, 0.3) is 0 Å². The highest BCUT2D eigenvalue weighted by Gasteiger charge is 2.29. The lowest BCUT2D eigenvalue weighted by Crippen LogP contribution is -2.11. The quantitative estimate of drug-likeness (QED) is 0.240. The fourth-order valence-corrected chi connectivity index (χ4v) is 4.77. The molecule has 0 aromatic heterocycles. The third-order valence-electron chi connectivity index (χ3n) is 6.75. The van der Waals surface area contributed by atoms with Gasteiger partial charge in [-0.1, -0.05) is 95.2 Å². The van der Waals surface area contributed by atoms with E-state index in [2.05, 4.69) is 50.2 Å². The van der Waals surface area contributed by atoms with Crippen molar-refractivity contribution in [3.05, 3.63) is 54.1 Å². The van der Waals surface area contributed by atoms with E-state index < -0.39 is 0 Å². The van der Waals surface area contributed by atoms with E-state index in [1.807, 2.05) is 12.1 Å². The van der Waals surface area contributed by atoms with Crippen molar-refractivity contribution in [3.8, 4) is 16.9 Å². The lowest BCUT2D eigenvalue weighted by molar-refractivity contribution is 0.0919. The molecule has 1 aliphatic rings. The Balaban J connectivity index is 1.49. The van der Waals surface area contributed by atoms with Crippen molar-refractivity contribution >= 4 is 5.78 Å². The third kappa shape index (κ3) is 7.23. The van der Waals surface area contributed by atoms with Crippen LogP contribution in [0.5, 0.6) is 5.75 Å². The molecule has 2 aromatic carbocycles. The Labute approximate surface area is 189 Å². The fourth-order valence-electron chi connectivity index (χ4n) is 4.77. The highest BCUT2D eigenvalue weighted by atomic mass is 16.5. The van der Waals surface area contributed by atoms with Crippen LogP contribution in [0.2, 0.25) is 0 Å². The third-order valence-corrected chi connectivity index (χ3v) is 6.75. The van der Waals surface area contributed by atoms with Gasteiger partial charge >= 0.3 is 0 Å². The molecule has 0 heterocycles. The van der Waals surface area contributed by atoms with Crippen molar-refractivity contribution in [1.82, 2.24) is 0 Å².